The molecule has 0 aliphatic rings. The first kappa shape index (κ1) is 19.2. The summed E-state index contributed by atoms with van der Waals surface area (Å²) in [7, 11) is 0. The van der Waals surface area contributed by atoms with Crippen LogP contribution in [-0.2, 0) is 6.42 Å². The van der Waals surface area contributed by atoms with Gasteiger partial charge < -0.3 is 0 Å². The van der Waals surface area contributed by atoms with E-state index < -0.39 is 0 Å². The zero-order valence-corrected chi connectivity index (χ0v) is 16.8. The summed E-state index contributed by atoms with van der Waals surface area (Å²) in [6.07, 6.45) is 2.90. The molecule has 2 aromatic rings. The molecule has 0 saturated carbocycles. The SMILES string of the molecule is C=C(c1ccc(CC(C)(C)C)cc1N=CC)c1cc(C)cc(C)c1C. The molecule has 1 nitrogen and oxygen atoms in total. The number of aliphatic imine (C=N–C) groups is 1. The maximum atomic E-state index is 4.63. The van der Waals surface area contributed by atoms with E-state index in [1.165, 1.54) is 27.8 Å². The van der Waals surface area contributed by atoms with E-state index in [0.717, 1.165) is 23.2 Å². The van der Waals surface area contributed by atoms with Crippen LogP contribution in [-0.4, -0.2) is 6.21 Å². The first-order valence-electron chi connectivity index (χ1n) is 9.01. The second-order valence-corrected chi connectivity index (χ2v) is 8.21. The first-order chi connectivity index (χ1) is 11.6. The maximum absolute atomic E-state index is 4.63. The van der Waals surface area contributed by atoms with Crippen molar-refractivity contribution in [1.82, 2.24) is 0 Å². The van der Waals surface area contributed by atoms with E-state index in [9.17, 15) is 0 Å². The van der Waals surface area contributed by atoms with E-state index in [-0.39, 0.29) is 5.41 Å². The fraction of sp³-hybridized carbons (Fsp3) is 0.375. The monoisotopic (exact) mass is 333 g/mol. The van der Waals surface area contributed by atoms with Gasteiger partial charge in [0.05, 0.1) is 5.69 Å². The summed E-state index contributed by atoms with van der Waals surface area (Å²) < 4.78 is 0. The summed E-state index contributed by atoms with van der Waals surface area (Å²) in [5.41, 5.74) is 9.83. The van der Waals surface area contributed by atoms with Crippen LogP contribution in [0, 0.1) is 26.2 Å². The van der Waals surface area contributed by atoms with Crippen molar-refractivity contribution in [1.29, 1.82) is 0 Å². The number of rotatable bonds is 4. The molecular weight excluding hydrogens is 302 g/mol. The van der Waals surface area contributed by atoms with Gasteiger partial charge in [-0.05, 0) is 73.4 Å². The molecule has 2 rings (SSSR count). The molecule has 1 heteroatoms. The van der Waals surface area contributed by atoms with Gasteiger partial charge in [0.25, 0.3) is 0 Å². The minimum Gasteiger partial charge on any atom is -0.261 e. The number of hydrogen-bond acceptors (Lipinski definition) is 1. The van der Waals surface area contributed by atoms with Gasteiger partial charge in [-0.15, -0.1) is 0 Å². The van der Waals surface area contributed by atoms with Crippen LogP contribution in [0.2, 0.25) is 0 Å². The lowest BCUT2D eigenvalue weighted by molar-refractivity contribution is 0.411. The standard InChI is InChI=1S/C24H31N/c1-9-25-23-14-20(15-24(6,7)8)10-11-21(23)19(5)22-13-16(2)12-17(3)18(22)4/h9-14H,5,15H2,1-4,6-8H3. The molecule has 0 N–H and O–H groups in total. The first-order valence-corrected chi connectivity index (χ1v) is 9.01. The van der Waals surface area contributed by atoms with Crippen molar-refractivity contribution in [2.45, 2.75) is 54.9 Å². The van der Waals surface area contributed by atoms with E-state index in [1.807, 2.05) is 13.1 Å². The van der Waals surface area contributed by atoms with Crippen LogP contribution >= 0.6 is 0 Å². The van der Waals surface area contributed by atoms with Gasteiger partial charge in [0, 0.05) is 11.8 Å². The van der Waals surface area contributed by atoms with Gasteiger partial charge in [0.1, 0.15) is 0 Å². The highest BCUT2D eigenvalue weighted by Gasteiger charge is 2.15. The van der Waals surface area contributed by atoms with Gasteiger partial charge >= 0.3 is 0 Å². The fourth-order valence-corrected chi connectivity index (χ4v) is 3.30. The van der Waals surface area contributed by atoms with Crippen LogP contribution in [0.5, 0.6) is 0 Å². The Balaban J connectivity index is 2.53. The Bertz CT molecular complexity index is 817. The zero-order valence-electron chi connectivity index (χ0n) is 16.8. The van der Waals surface area contributed by atoms with E-state index in [2.05, 4.69) is 83.4 Å². The molecule has 0 spiro atoms. The summed E-state index contributed by atoms with van der Waals surface area (Å²) >= 11 is 0. The minimum atomic E-state index is 0.260. The molecule has 0 radical (unpaired) electrons. The predicted molar refractivity (Wildman–Crippen MR) is 112 cm³/mol. The Labute approximate surface area is 153 Å². The van der Waals surface area contributed by atoms with Crippen molar-refractivity contribution in [3.8, 4) is 0 Å². The van der Waals surface area contributed by atoms with Crippen LogP contribution in [0.25, 0.3) is 5.57 Å². The number of nitrogens with zero attached hydrogens (tertiary/aromatic N) is 1. The topological polar surface area (TPSA) is 12.4 Å². The van der Waals surface area contributed by atoms with Gasteiger partial charge in [0.15, 0.2) is 0 Å². The Kier molecular flexibility index (Phi) is 5.67. The molecule has 0 bridgehead atoms. The molecule has 2 aromatic carbocycles. The molecule has 132 valence electrons. The van der Waals surface area contributed by atoms with Crippen LogP contribution in [0.15, 0.2) is 41.9 Å². The Morgan fingerprint density at radius 2 is 1.72 bits per heavy atom. The number of benzene rings is 2. The van der Waals surface area contributed by atoms with E-state index in [0.29, 0.717) is 0 Å². The molecule has 0 aliphatic carbocycles. The lowest BCUT2D eigenvalue weighted by atomic mass is 9.86. The maximum Gasteiger partial charge on any atom is 0.0706 e. The van der Waals surface area contributed by atoms with Gasteiger partial charge in [-0.2, -0.15) is 0 Å². The summed E-state index contributed by atoms with van der Waals surface area (Å²) in [6, 6.07) is 11.1. The molecule has 0 aliphatic heterocycles. The summed E-state index contributed by atoms with van der Waals surface area (Å²) in [5.74, 6) is 0. The smallest absolute Gasteiger partial charge is 0.0706 e. The van der Waals surface area contributed by atoms with Crippen molar-refractivity contribution in [3.05, 3.63) is 70.3 Å². The highest BCUT2D eigenvalue weighted by atomic mass is 14.7. The third-order valence-corrected chi connectivity index (χ3v) is 4.53. The highest BCUT2D eigenvalue weighted by molar-refractivity contribution is 5.86. The quantitative estimate of drug-likeness (QED) is 0.535. The van der Waals surface area contributed by atoms with Crippen LogP contribution in [0.4, 0.5) is 5.69 Å². The molecule has 0 atom stereocenters. The van der Waals surface area contributed by atoms with E-state index >= 15 is 0 Å². The lowest BCUT2D eigenvalue weighted by Crippen LogP contribution is -2.09. The molecule has 0 unspecified atom stereocenters. The van der Waals surface area contributed by atoms with Crippen molar-refractivity contribution >= 4 is 17.5 Å². The largest absolute Gasteiger partial charge is 0.261 e. The number of aryl methyl sites for hydroxylation is 2. The predicted octanol–water partition coefficient (Wildman–Crippen LogP) is 6.98. The lowest BCUT2D eigenvalue weighted by Gasteiger charge is -2.20. The Morgan fingerprint density at radius 1 is 1.04 bits per heavy atom. The average Bonchev–Trinajstić information content (AvgIpc) is 2.49. The highest BCUT2D eigenvalue weighted by Crippen LogP contribution is 2.35. The molecule has 0 aromatic heterocycles. The summed E-state index contributed by atoms with van der Waals surface area (Å²) in [6.45, 7) is 19.6. The second-order valence-electron chi connectivity index (χ2n) is 8.21. The van der Waals surface area contributed by atoms with Crippen LogP contribution in [0.3, 0.4) is 0 Å². The van der Waals surface area contributed by atoms with Crippen molar-refractivity contribution in [3.63, 3.8) is 0 Å². The number of hydrogen-bond donors (Lipinski definition) is 0. The molecule has 0 heterocycles. The van der Waals surface area contributed by atoms with Crippen molar-refractivity contribution < 1.29 is 0 Å². The average molecular weight is 334 g/mol. The Morgan fingerprint density at radius 3 is 2.32 bits per heavy atom. The third kappa shape index (κ3) is 4.69. The van der Waals surface area contributed by atoms with Gasteiger partial charge in [-0.1, -0.05) is 57.2 Å². The normalized spacial score (nSPS) is 12.0. The summed E-state index contributed by atoms with van der Waals surface area (Å²) in [4.78, 5) is 4.63. The molecular formula is C24H31N. The van der Waals surface area contributed by atoms with E-state index in [1.54, 1.807) is 0 Å². The summed E-state index contributed by atoms with van der Waals surface area (Å²) in [5, 5.41) is 0. The van der Waals surface area contributed by atoms with Gasteiger partial charge in [0.2, 0.25) is 0 Å². The van der Waals surface area contributed by atoms with Crippen LogP contribution in [0.1, 0.15) is 61.1 Å². The molecule has 0 amide bonds. The van der Waals surface area contributed by atoms with Gasteiger partial charge in [-0.3, -0.25) is 4.99 Å². The van der Waals surface area contributed by atoms with Crippen molar-refractivity contribution in [2.24, 2.45) is 10.4 Å². The molecule has 0 fully saturated rings. The second kappa shape index (κ2) is 7.39. The molecule has 25 heavy (non-hydrogen) atoms. The van der Waals surface area contributed by atoms with Crippen molar-refractivity contribution in [2.75, 3.05) is 0 Å². The van der Waals surface area contributed by atoms with E-state index in [4.69, 9.17) is 0 Å². The fourth-order valence-electron chi connectivity index (χ4n) is 3.30. The van der Waals surface area contributed by atoms with Crippen LogP contribution < -0.4 is 0 Å². The zero-order chi connectivity index (χ0) is 18.8. The minimum absolute atomic E-state index is 0.260. The Hall–Kier alpha value is -2.15. The molecule has 0 saturated heterocycles. The van der Waals surface area contributed by atoms with Gasteiger partial charge in [-0.25, -0.2) is 0 Å². The third-order valence-electron chi connectivity index (χ3n) is 4.53.